The summed E-state index contributed by atoms with van der Waals surface area (Å²) in [5.41, 5.74) is 2.72. The fourth-order valence-corrected chi connectivity index (χ4v) is 2.93. The molecule has 0 heterocycles. The quantitative estimate of drug-likeness (QED) is 0.567. The second-order valence-electron chi connectivity index (χ2n) is 5.97. The van der Waals surface area contributed by atoms with Gasteiger partial charge in [-0.15, -0.1) is 0 Å². The maximum atomic E-state index is 12.0. The third-order valence-electron chi connectivity index (χ3n) is 4.24. The van der Waals surface area contributed by atoms with Crippen molar-refractivity contribution in [1.82, 2.24) is 10.6 Å². The monoisotopic (exact) mass is 300 g/mol. The average Bonchev–Trinajstić information content (AvgIpc) is 2.58. The molecule has 1 amide bonds. The highest BCUT2D eigenvalue weighted by Crippen LogP contribution is 2.19. The summed E-state index contributed by atoms with van der Waals surface area (Å²) in [6, 6.07) is 10.3. The highest BCUT2D eigenvalue weighted by molar-refractivity contribution is 5.78. The van der Waals surface area contributed by atoms with E-state index in [0.717, 1.165) is 19.4 Å². The van der Waals surface area contributed by atoms with Crippen LogP contribution in [0.25, 0.3) is 0 Å². The number of hydrogen-bond donors (Lipinski definition) is 2. The standard InChI is InChI=1S/C19H28N2O/c1-2-18(17-11-7-4-8-12-17)21-19(22)15-20-14-13-16-9-5-3-6-10-16/h4,7-9,11-12,18,20H,2-3,5-6,10,13-15H2,1H3,(H,21,22). The predicted octanol–water partition coefficient (Wildman–Crippen LogP) is 3.73. The van der Waals surface area contributed by atoms with Crippen molar-refractivity contribution < 1.29 is 4.79 Å². The van der Waals surface area contributed by atoms with Gasteiger partial charge in [-0.05, 0) is 50.6 Å². The van der Waals surface area contributed by atoms with E-state index >= 15 is 0 Å². The van der Waals surface area contributed by atoms with E-state index in [1.165, 1.54) is 31.2 Å². The molecule has 1 aliphatic carbocycles. The second kappa shape index (κ2) is 9.42. The predicted molar refractivity (Wildman–Crippen MR) is 91.7 cm³/mol. The Bertz CT molecular complexity index is 481. The van der Waals surface area contributed by atoms with Crippen LogP contribution in [0.1, 0.15) is 57.1 Å². The van der Waals surface area contributed by atoms with Gasteiger partial charge in [-0.3, -0.25) is 4.79 Å². The molecule has 120 valence electrons. The van der Waals surface area contributed by atoms with Gasteiger partial charge in [0.2, 0.25) is 5.91 Å². The molecular formula is C19H28N2O. The SMILES string of the molecule is CCC(NC(=O)CNCCC1=CCCCC1)c1ccccc1. The lowest BCUT2D eigenvalue weighted by molar-refractivity contribution is -0.121. The zero-order valence-electron chi connectivity index (χ0n) is 13.6. The van der Waals surface area contributed by atoms with Crippen LogP contribution in [0.2, 0.25) is 0 Å². The van der Waals surface area contributed by atoms with Crippen molar-refractivity contribution in [3.63, 3.8) is 0 Å². The molecule has 0 saturated carbocycles. The molecule has 1 aromatic carbocycles. The summed E-state index contributed by atoms with van der Waals surface area (Å²) in [6.07, 6.45) is 9.46. The summed E-state index contributed by atoms with van der Waals surface area (Å²) in [5, 5.41) is 6.37. The number of amides is 1. The van der Waals surface area contributed by atoms with Gasteiger partial charge < -0.3 is 10.6 Å². The minimum Gasteiger partial charge on any atom is -0.348 e. The number of benzene rings is 1. The van der Waals surface area contributed by atoms with Crippen LogP contribution in [0.5, 0.6) is 0 Å². The molecule has 2 rings (SSSR count). The normalized spacial score (nSPS) is 16.0. The number of hydrogen-bond acceptors (Lipinski definition) is 2. The summed E-state index contributed by atoms with van der Waals surface area (Å²) in [4.78, 5) is 12.0. The topological polar surface area (TPSA) is 41.1 Å². The second-order valence-corrected chi connectivity index (χ2v) is 5.97. The van der Waals surface area contributed by atoms with Crippen LogP contribution in [0.3, 0.4) is 0 Å². The molecule has 0 aliphatic heterocycles. The molecule has 0 saturated heterocycles. The molecule has 3 nitrogen and oxygen atoms in total. The highest BCUT2D eigenvalue weighted by Gasteiger charge is 2.12. The first-order chi connectivity index (χ1) is 10.8. The van der Waals surface area contributed by atoms with Crippen LogP contribution in [0, 0.1) is 0 Å². The van der Waals surface area contributed by atoms with Crippen LogP contribution in [0.15, 0.2) is 42.0 Å². The molecule has 0 bridgehead atoms. The van der Waals surface area contributed by atoms with Crippen LogP contribution >= 0.6 is 0 Å². The molecule has 0 spiro atoms. The van der Waals surface area contributed by atoms with Crippen LogP contribution in [0.4, 0.5) is 0 Å². The average molecular weight is 300 g/mol. The minimum absolute atomic E-state index is 0.0772. The summed E-state index contributed by atoms with van der Waals surface area (Å²) in [5.74, 6) is 0.0772. The Morgan fingerprint density at radius 2 is 2.05 bits per heavy atom. The van der Waals surface area contributed by atoms with E-state index in [1.807, 2.05) is 18.2 Å². The Balaban J connectivity index is 1.67. The lowest BCUT2D eigenvalue weighted by Crippen LogP contribution is -2.36. The van der Waals surface area contributed by atoms with Gasteiger partial charge in [0.1, 0.15) is 0 Å². The van der Waals surface area contributed by atoms with Gasteiger partial charge in [-0.1, -0.05) is 48.9 Å². The Labute approximate surface area is 134 Å². The van der Waals surface area contributed by atoms with Crippen molar-refractivity contribution in [1.29, 1.82) is 0 Å². The molecule has 0 radical (unpaired) electrons. The van der Waals surface area contributed by atoms with Gasteiger partial charge in [0, 0.05) is 0 Å². The zero-order chi connectivity index (χ0) is 15.6. The minimum atomic E-state index is 0.0772. The van der Waals surface area contributed by atoms with E-state index in [1.54, 1.807) is 5.57 Å². The first kappa shape index (κ1) is 16.8. The number of rotatable bonds is 8. The number of carbonyl (C=O) groups excluding carboxylic acids is 1. The van der Waals surface area contributed by atoms with Crippen molar-refractivity contribution in [3.05, 3.63) is 47.5 Å². The van der Waals surface area contributed by atoms with Crippen molar-refractivity contribution in [3.8, 4) is 0 Å². The van der Waals surface area contributed by atoms with E-state index < -0.39 is 0 Å². The smallest absolute Gasteiger partial charge is 0.234 e. The van der Waals surface area contributed by atoms with Crippen molar-refractivity contribution in [2.75, 3.05) is 13.1 Å². The van der Waals surface area contributed by atoms with Gasteiger partial charge in [0.15, 0.2) is 0 Å². The highest BCUT2D eigenvalue weighted by atomic mass is 16.1. The molecular weight excluding hydrogens is 272 g/mol. The Hall–Kier alpha value is -1.61. The van der Waals surface area contributed by atoms with Crippen LogP contribution < -0.4 is 10.6 Å². The van der Waals surface area contributed by atoms with Crippen molar-refractivity contribution in [2.24, 2.45) is 0 Å². The fourth-order valence-electron chi connectivity index (χ4n) is 2.93. The van der Waals surface area contributed by atoms with Gasteiger partial charge in [0.25, 0.3) is 0 Å². The fraction of sp³-hybridized carbons (Fsp3) is 0.526. The third-order valence-corrected chi connectivity index (χ3v) is 4.24. The maximum absolute atomic E-state index is 12.0. The van der Waals surface area contributed by atoms with Crippen molar-refractivity contribution in [2.45, 2.75) is 51.5 Å². The molecule has 1 aliphatic rings. The van der Waals surface area contributed by atoms with E-state index in [9.17, 15) is 4.79 Å². The molecule has 2 N–H and O–H groups in total. The summed E-state index contributed by atoms with van der Waals surface area (Å²) >= 11 is 0. The van der Waals surface area contributed by atoms with Crippen molar-refractivity contribution >= 4 is 5.91 Å². The van der Waals surface area contributed by atoms with E-state index in [0.29, 0.717) is 6.54 Å². The molecule has 0 aromatic heterocycles. The number of nitrogens with one attached hydrogen (secondary N) is 2. The largest absolute Gasteiger partial charge is 0.348 e. The van der Waals surface area contributed by atoms with Crippen LogP contribution in [-0.2, 0) is 4.79 Å². The summed E-state index contributed by atoms with van der Waals surface area (Å²) < 4.78 is 0. The van der Waals surface area contributed by atoms with Gasteiger partial charge in [-0.25, -0.2) is 0 Å². The third kappa shape index (κ3) is 5.64. The Morgan fingerprint density at radius 1 is 1.23 bits per heavy atom. The lowest BCUT2D eigenvalue weighted by atomic mass is 9.97. The lowest BCUT2D eigenvalue weighted by Gasteiger charge is -2.18. The van der Waals surface area contributed by atoms with E-state index in [2.05, 4.69) is 35.8 Å². The Kier molecular flexibility index (Phi) is 7.17. The van der Waals surface area contributed by atoms with E-state index in [-0.39, 0.29) is 11.9 Å². The van der Waals surface area contributed by atoms with Gasteiger partial charge in [0.05, 0.1) is 12.6 Å². The first-order valence-electron chi connectivity index (χ1n) is 8.52. The summed E-state index contributed by atoms with van der Waals surface area (Å²) in [7, 11) is 0. The van der Waals surface area contributed by atoms with Crippen LogP contribution in [-0.4, -0.2) is 19.0 Å². The summed E-state index contributed by atoms with van der Waals surface area (Å²) in [6.45, 7) is 3.39. The molecule has 22 heavy (non-hydrogen) atoms. The Morgan fingerprint density at radius 3 is 2.73 bits per heavy atom. The molecule has 3 heteroatoms. The molecule has 1 unspecified atom stereocenters. The van der Waals surface area contributed by atoms with Gasteiger partial charge >= 0.3 is 0 Å². The molecule has 0 fully saturated rings. The first-order valence-corrected chi connectivity index (χ1v) is 8.52. The van der Waals surface area contributed by atoms with E-state index in [4.69, 9.17) is 0 Å². The van der Waals surface area contributed by atoms with Gasteiger partial charge in [-0.2, -0.15) is 0 Å². The molecule has 1 atom stereocenters. The number of carbonyl (C=O) groups is 1. The maximum Gasteiger partial charge on any atom is 0.234 e. The number of allylic oxidation sites excluding steroid dienone is 1. The molecule has 1 aromatic rings. The zero-order valence-corrected chi connectivity index (χ0v) is 13.6.